The molecule has 1 saturated heterocycles. The van der Waals surface area contributed by atoms with Gasteiger partial charge < -0.3 is 25.0 Å². The summed E-state index contributed by atoms with van der Waals surface area (Å²) in [5, 5.41) is 5.13. The molecule has 0 bridgehead atoms. The van der Waals surface area contributed by atoms with Gasteiger partial charge in [0.15, 0.2) is 6.10 Å². The van der Waals surface area contributed by atoms with E-state index in [1.165, 1.54) is 39.0 Å². The highest BCUT2D eigenvalue weighted by Crippen LogP contribution is 2.21. The summed E-state index contributed by atoms with van der Waals surface area (Å²) >= 11 is 0. The van der Waals surface area contributed by atoms with E-state index in [0.717, 1.165) is 0 Å². The highest BCUT2D eigenvalue weighted by Gasteiger charge is 2.30. The SMILES string of the molecule is CC(=O)Nc1cc(NC(C)=O)cc(C(=O)OC(C)C(=O)N2CC(C)OC(C)C2)c1. The number of benzene rings is 1. The van der Waals surface area contributed by atoms with Gasteiger partial charge >= 0.3 is 5.97 Å². The maximum absolute atomic E-state index is 12.7. The quantitative estimate of drug-likeness (QED) is 0.722. The van der Waals surface area contributed by atoms with Crippen LogP contribution in [0, 0.1) is 0 Å². The number of nitrogens with one attached hydrogen (secondary N) is 2. The van der Waals surface area contributed by atoms with Crippen molar-refractivity contribution < 1.29 is 28.7 Å². The van der Waals surface area contributed by atoms with Gasteiger partial charge in [0.1, 0.15) is 0 Å². The Balaban J connectivity index is 2.14. The Morgan fingerprint density at radius 2 is 1.48 bits per heavy atom. The van der Waals surface area contributed by atoms with Gasteiger partial charge in [-0.25, -0.2) is 4.79 Å². The molecule has 0 spiro atoms. The van der Waals surface area contributed by atoms with E-state index in [4.69, 9.17) is 9.47 Å². The standard InChI is InChI=1S/C20H27N3O6/c1-11-9-23(10-12(2)28-11)19(26)13(3)29-20(27)16-6-17(21-14(4)24)8-18(7-16)22-15(5)25/h6-8,11-13H,9-10H2,1-5H3,(H,21,24)(H,22,25). The molecular weight excluding hydrogens is 378 g/mol. The van der Waals surface area contributed by atoms with Crippen LogP contribution >= 0.6 is 0 Å². The molecule has 3 atom stereocenters. The summed E-state index contributed by atoms with van der Waals surface area (Å²) in [7, 11) is 0. The number of esters is 1. The fourth-order valence-corrected chi connectivity index (χ4v) is 3.19. The molecule has 3 unspecified atom stereocenters. The monoisotopic (exact) mass is 405 g/mol. The number of morpholine rings is 1. The lowest BCUT2D eigenvalue weighted by atomic mass is 10.1. The second-order valence-corrected chi connectivity index (χ2v) is 7.21. The fraction of sp³-hybridized carbons (Fsp3) is 0.500. The average Bonchev–Trinajstić information content (AvgIpc) is 2.58. The molecule has 1 aromatic rings. The minimum atomic E-state index is -0.992. The van der Waals surface area contributed by atoms with E-state index < -0.39 is 12.1 Å². The van der Waals surface area contributed by atoms with Crippen LogP contribution in [0.25, 0.3) is 0 Å². The third kappa shape index (κ3) is 6.56. The lowest BCUT2D eigenvalue weighted by Gasteiger charge is -2.36. The largest absolute Gasteiger partial charge is 0.449 e. The first kappa shape index (κ1) is 22.4. The molecular formula is C20H27N3O6. The fourth-order valence-electron chi connectivity index (χ4n) is 3.19. The number of nitrogens with zero attached hydrogens (tertiary/aromatic N) is 1. The van der Waals surface area contributed by atoms with E-state index in [1.54, 1.807) is 4.90 Å². The Morgan fingerprint density at radius 1 is 1.00 bits per heavy atom. The first-order valence-electron chi connectivity index (χ1n) is 9.40. The predicted molar refractivity (Wildman–Crippen MR) is 107 cm³/mol. The molecule has 0 aromatic heterocycles. The van der Waals surface area contributed by atoms with Gasteiger partial charge in [0.2, 0.25) is 11.8 Å². The molecule has 1 aromatic carbocycles. The molecule has 1 fully saturated rings. The Kier molecular flexibility index (Phi) is 7.33. The Hall–Kier alpha value is -2.94. The third-order valence-electron chi connectivity index (χ3n) is 4.17. The van der Waals surface area contributed by atoms with Gasteiger partial charge in [0, 0.05) is 38.3 Å². The van der Waals surface area contributed by atoms with Gasteiger partial charge in [-0.3, -0.25) is 14.4 Å². The van der Waals surface area contributed by atoms with Gasteiger partial charge in [-0.15, -0.1) is 0 Å². The molecule has 3 amide bonds. The molecule has 1 heterocycles. The minimum Gasteiger partial charge on any atom is -0.449 e. The minimum absolute atomic E-state index is 0.0971. The van der Waals surface area contributed by atoms with E-state index >= 15 is 0 Å². The van der Waals surface area contributed by atoms with Crippen molar-refractivity contribution in [3.8, 4) is 0 Å². The Bertz CT molecular complexity index is 765. The van der Waals surface area contributed by atoms with Crippen LogP contribution in [0.2, 0.25) is 0 Å². The van der Waals surface area contributed by atoms with Crippen molar-refractivity contribution in [2.45, 2.75) is 52.9 Å². The van der Waals surface area contributed by atoms with Crippen molar-refractivity contribution in [1.29, 1.82) is 0 Å². The third-order valence-corrected chi connectivity index (χ3v) is 4.17. The summed E-state index contributed by atoms with van der Waals surface area (Å²) in [6.07, 6.45) is -1.19. The molecule has 2 N–H and O–H groups in total. The highest BCUT2D eigenvalue weighted by atomic mass is 16.5. The molecule has 1 aliphatic heterocycles. The summed E-state index contributed by atoms with van der Waals surface area (Å²) in [6.45, 7) is 8.78. The van der Waals surface area contributed by atoms with Gasteiger partial charge in [-0.2, -0.15) is 0 Å². The Labute approximate surface area is 169 Å². The summed E-state index contributed by atoms with van der Waals surface area (Å²) in [4.78, 5) is 49.6. The van der Waals surface area contributed by atoms with Crippen LogP contribution in [0.3, 0.4) is 0 Å². The average molecular weight is 405 g/mol. The van der Waals surface area contributed by atoms with Crippen LogP contribution in [-0.2, 0) is 23.9 Å². The zero-order valence-electron chi connectivity index (χ0n) is 17.3. The molecule has 0 saturated carbocycles. The van der Waals surface area contributed by atoms with Crippen molar-refractivity contribution in [3.63, 3.8) is 0 Å². The normalized spacial score (nSPS) is 19.8. The number of hydrogen-bond acceptors (Lipinski definition) is 6. The number of carbonyl (C=O) groups is 4. The number of hydrogen-bond donors (Lipinski definition) is 2. The topological polar surface area (TPSA) is 114 Å². The van der Waals surface area contributed by atoms with Gasteiger partial charge in [-0.05, 0) is 39.0 Å². The van der Waals surface area contributed by atoms with Gasteiger partial charge in [0.05, 0.1) is 17.8 Å². The number of ether oxygens (including phenoxy) is 2. The lowest BCUT2D eigenvalue weighted by molar-refractivity contribution is -0.151. The molecule has 1 aliphatic rings. The lowest BCUT2D eigenvalue weighted by Crippen LogP contribution is -2.51. The molecule has 29 heavy (non-hydrogen) atoms. The predicted octanol–water partition coefficient (Wildman–Crippen LogP) is 1.78. The molecule has 9 nitrogen and oxygen atoms in total. The molecule has 2 rings (SSSR count). The van der Waals surface area contributed by atoms with Crippen molar-refractivity contribution in [1.82, 2.24) is 4.90 Å². The highest BCUT2D eigenvalue weighted by molar-refractivity contribution is 5.98. The van der Waals surface area contributed by atoms with Crippen LogP contribution in [-0.4, -0.2) is 60.0 Å². The molecule has 158 valence electrons. The van der Waals surface area contributed by atoms with Crippen molar-refractivity contribution >= 4 is 35.1 Å². The summed E-state index contributed by atoms with van der Waals surface area (Å²) in [5.74, 6) is -1.70. The summed E-state index contributed by atoms with van der Waals surface area (Å²) in [6, 6.07) is 4.36. The van der Waals surface area contributed by atoms with E-state index in [9.17, 15) is 19.2 Å². The van der Waals surface area contributed by atoms with Crippen LogP contribution in [0.5, 0.6) is 0 Å². The molecule has 0 aliphatic carbocycles. The van der Waals surface area contributed by atoms with Crippen LogP contribution in [0.4, 0.5) is 11.4 Å². The number of rotatable bonds is 5. The number of amides is 3. The van der Waals surface area contributed by atoms with Crippen LogP contribution in [0.15, 0.2) is 18.2 Å². The van der Waals surface area contributed by atoms with Crippen molar-refractivity contribution in [2.75, 3.05) is 23.7 Å². The van der Waals surface area contributed by atoms with Gasteiger partial charge in [0.25, 0.3) is 5.91 Å². The maximum atomic E-state index is 12.7. The van der Waals surface area contributed by atoms with E-state index in [0.29, 0.717) is 24.5 Å². The molecule has 9 heteroatoms. The Morgan fingerprint density at radius 3 is 1.93 bits per heavy atom. The van der Waals surface area contributed by atoms with Crippen LogP contribution < -0.4 is 10.6 Å². The smallest absolute Gasteiger partial charge is 0.339 e. The van der Waals surface area contributed by atoms with Crippen molar-refractivity contribution in [3.05, 3.63) is 23.8 Å². The van der Waals surface area contributed by atoms with E-state index in [-0.39, 0.29) is 35.5 Å². The maximum Gasteiger partial charge on any atom is 0.339 e. The summed E-state index contributed by atoms with van der Waals surface area (Å²) < 4.78 is 11.0. The van der Waals surface area contributed by atoms with E-state index in [1.807, 2.05) is 13.8 Å². The zero-order chi connectivity index (χ0) is 21.7. The second kappa shape index (κ2) is 9.51. The zero-order valence-corrected chi connectivity index (χ0v) is 17.3. The van der Waals surface area contributed by atoms with Gasteiger partial charge in [-0.1, -0.05) is 0 Å². The van der Waals surface area contributed by atoms with Crippen LogP contribution in [0.1, 0.15) is 45.0 Å². The van der Waals surface area contributed by atoms with Crippen molar-refractivity contribution in [2.24, 2.45) is 0 Å². The second-order valence-electron chi connectivity index (χ2n) is 7.21. The first-order chi connectivity index (χ1) is 13.5. The molecule has 0 radical (unpaired) electrons. The number of carbonyl (C=O) groups excluding carboxylic acids is 4. The first-order valence-corrected chi connectivity index (χ1v) is 9.40. The number of anilines is 2. The van der Waals surface area contributed by atoms with E-state index in [2.05, 4.69) is 10.6 Å². The summed E-state index contributed by atoms with van der Waals surface area (Å²) in [5.41, 5.74) is 0.749.